The van der Waals surface area contributed by atoms with Crippen molar-refractivity contribution in [1.29, 1.82) is 0 Å². The smallest absolute Gasteiger partial charge is 0.227 e. The monoisotopic (exact) mass is 391 g/mol. The molecule has 0 bridgehead atoms. The van der Waals surface area contributed by atoms with Gasteiger partial charge in [0.15, 0.2) is 5.58 Å². The molecule has 30 heavy (non-hydrogen) atoms. The van der Waals surface area contributed by atoms with E-state index in [2.05, 4.69) is 40.1 Å². The van der Waals surface area contributed by atoms with Gasteiger partial charge in [-0.15, -0.1) is 0 Å². The second-order valence-corrected chi connectivity index (χ2v) is 7.51. The first-order chi connectivity index (χ1) is 14.7. The van der Waals surface area contributed by atoms with Crippen LogP contribution in [0.1, 0.15) is 11.3 Å². The highest BCUT2D eigenvalue weighted by Gasteiger charge is 2.19. The van der Waals surface area contributed by atoms with Crippen LogP contribution in [0.2, 0.25) is 0 Å². The second kappa shape index (κ2) is 6.26. The van der Waals surface area contributed by atoms with Gasteiger partial charge in [0.25, 0.3) is 0 Å². The van der Waals surface area contributed by atoms with Gasteiger partial charge in [0.05, 0.1) is 0 Å². The van der Waals surface area contributed by atoms with Crippen molar-refractivity contribution >= 4 is 33.2 Å². The summed E-state index contributed by atoms with van der Waals surface area (Å²) in [5.74, 6) is 0.762. The van der Waals surface area contributed by atoms with E-state index < -0.39 is 0 Å². The Morgan fingerprint density at radius 1 is 0.767 bits per heavy atom. The number of aryl methyl sites for hydroxylation is 2. The lowest BCUT2D eigenvalue weighted by atomic mass is 10.0. The number of benzene rings is 2. The quantitative estimate of drug-likeness (QED) is 0.338. The van der Waals surface area contributed by atoms with E-state index in [-0.39, 0.29) is 0 Å². The fraction of sp³-hybridized carbons (Fsp3) is 0.0800. The molecule has 4 heterocycles. The molecule has 0 saturated carbocycles. The average molecular weight is 391 g/mol. The molecule has 4 aromatic heterocycles. The Morgan fingerprint density at radius 2 is 1.63 bits per heavy atom. The Bertz CT molecular complexity index is 1560. The third-order valence-electron chi connectivity index (χ3n) is 5.35. The minimum absolute atomic E-state index is 0.631. The van der Waals surface area contributed by atoms with Crippen molar-refractivity contribution in [3.8, 4) is 22.6 Å². The van der Waals surface area contributed by atoms with Crippen molar-refractivity contribution in [3.63, 3.8) is 0 Å². The molecule has 0 radical (unpaired) electrons. The van der Waals surface area contributed by atoms with Gasteiger partial charge in [0.2, 0.25) is 5.71 Å². The highest BCUT2D eigenvalue weighted by atomic mass is 16.3. The second-order valence-electron chi connectivity index (χ2n) is 7.51. The zero-order chi connectivity index (χ0) is 20.2. The molecule has 5 nitrogen and oxygen atoms in total. The summed E-state index contributed by atoms with van der Waals surface area (Å²) < 4.78 is 12.4. The molecular formula is C25H17N3O2. The number of aromatic nitrogens is 3. The summed E-state index contributed by atoms with van der Waals surface area (Å²) in [5.41, 5.74) is 7.42. The van der Waals surface area contributed by atoms with Crippen molar-refractivity contribution in [2.45, 2.75) is 13.8 Å². The molecule has 6 aromatic rings. The first-order valence-corrected chi connectivity index (χ1v) is 9.78. The third-order valence-corrected chi connectivity index (χ3v) is 5.35. The number of nitrogens with zero attached hydrogens (tertiary/aromatic N) is 3. The fourth-order valence-electron chi connectivity index (χ4n) is 3.96. The summed E-state index contributed by atoms with van der Waals surface area (Å²) >= 11 is 0. The highest BCUT2D eigenvalue weighted by Crippen LogP contribution is 2.39. The zero-order valence-corrected chi connectivity index (χ0v) is 16.5. The molecule has 0 amide bonds. The van der Waals surface area contributed by atoms with Gasteiger partial charge in [0.1, 0.15) is 28.9 Å². The Kier molecular flexibility index (Phi) is 3.53. The van der Waals surface area contributed by atoms with Crippen molar-refractivity contribution < 1.29 is 8.83 Å². The predicted octanol–water partition coefficient (Wildman–Crippen LogP) is 6.47. The van der Waals surface area contributed by atoms with Crippen molar-refractivity contribution in [2.75, 3.05) is 0 Å². The van der Waals surface area contributed by atoms with Crippen molar-refractivity contribution in [1.82, 2.24) is 15.0 Å². The molecule has 0 spiro atoms. The maximum atomic E-state index is 6.24. The van der Waals surface area contributed by atoms with Crippen LogP contribution in [0.15, 0.2) is 75.8 Å². The highest BCUT2D eigenvalue weighted by molar-refractivity contribution is 6.10. The van der Waals surface area contributed by atoms with E-state index in [0.717, 1.165) is 50.0 Å². The summed E-state index contributed by atoms with van der Waals surface area (Å²) in [6, 6.07) is 20.2. The Hall–Kier alpha value is -3.99. The number of furan rings is 2. The predicted molar refractivity (Wildman–Crippen MR) is 117 cm³/mol. The SMILES string of the molecule is Cc1cc(-c2ncnc3cc(-c4ccccc4)oc23)c2oc3nc(C)ccc3c2c1. The minimum Gasteiger partial charge on any atom is -0.452 e. The molecule has 0 saturated heterocycles. The fourth-order valence-corrected chi connectivity index (χ4v) is 3.96. The molecule has 0 aliphatic rings. The van der Waals surface area contributed by atoms with Crippen LogP contribution in [0.25, 0.3) is 55.7 Å². The third kappa shape index (κ3) is 2.52. The van der Waals surface area contributed by atoms with Gasteiger partial charge in [-0.2, -0.15) is 0 Å². The van der Waals surface area contributed by atoms with Crippen molar-refractivity contribution in [3.05, 3.63) is 78.2 Å². The van der Waals surface area contributed by atoms with E-state index in [1.165, 1.54) is 0 Å². The molecule has 0 atom stereocenters. The van der Waals surface area contributed by atoms with Crippen LogP contribution in [-0.2, 0) is 0 Å². The van der Waals surface area contributed by atoms with Gasteiger partial charge in [-0.05, 0) is 43.7 Å². The molecule has 0 fully saturated rings. The molecule has 6 rings (SSSR count). The van der Waals surface area contributed by atoms with Crippen LogP contribution in [0.4, 0.5) is 0 Å². The number of rotatable bonds is 2. The van der Waals surface area contributed by atoms with E-state index in [1.807, 2.05) is 49.4 Å². The largest absolute Gasteiger partial charge is 0.452 e. The van der Waals surface area contributed by atoms with Gasteiger partial charge in [-0.1, -0.05) is 30.3 Å². The maximum Gasteiger partial charge on any atom is 0.227 e. The van der Waals surface area contributed by atoms with Crippen molar-refractivity contribution in [2.24, 2.45) is 0 Å². The van der Waals surface area contributed by atoms with Gasteiger partial charge in [0, 0.05) is 33.7 Å². The van der Waals surface area contributed by atoms with E-state index in [1.54, 1.807) is 6.33 Å². The van der Waals surface area contributed by atoms with Gasteiger partial charge < -0.3 is 8.83 Å². The zero-order valence-electron chi connectivity index (χ0n) is 16.5. The van der Waals surface area contributed by atoms with Gasteiger partial charge in [-0.3, -0.25) is 0 Å². The lowest BCUT2D eigenvalue weighted by Crippen LogP contribution is -1.88. The van der Waals surface area contributed by atoms with E-state index in [9.17, 15) is 0 Å². The molecular weight excluding hydrogens is 374 g/mol. The maximum absolute atomic E-state index is 6.24. The van der Waals surface area contributed by atoms with E-state index >= 15 is 0 Å². The number of pyridine rings is 1. The van der Waals surface area contributed by atoms with Crippen LogP contribution < -0.4 is 0 Å². The number of hydrogen-bond donors (Lipinski definition) is 0. The summed E-state index contributed by atoms with van der Waals surface area (Å²) in [7, 11) is 0. The van der Waals surface area contributed by atoms with Crippen LogP contribution in [0.3, 0.4) is 0 Å². The summed E-state index contributed by atoms with van der Waals surface area (Å²) in [5, 5.41) is 2.02. The first kappa shape index (κ1) is 16.9. The van der Waals surface area contributed by atoms with Crippen LogP contribution in [0.5, 0.6) is 0 Å². The summed E-state index contributed by atoms with van der Waals surface area (Å²) in [4.78, 5) is 13.6. The number of hydrogen-bond acceptors (Lipinski definition) is 5. The van der Waals surface area contributed by atoms with Crippen LogP contribution >= 0.6 is 0 Å². The minimum atomic E-state index is 0.631. The molecule has 2 aromatic carbocycles. The lowest BCUT2D eigenvalue weighted by Gasteiger charge is -2.04. The normalized spacial score (nSPS) is 11.7. The lowest BCUT2D eigenvalue weighted by molar-refractivity contribution is 0.629. The average Bonchev–Trinajstić information content (AvgIpc) is 3.35. The van der Waals surface area contributed by atoms with Crippen LogP contribution in [0, 0.1) is 13.8 Å². The Balaban J connectivity index is 1.65. The first-order valence-electron chi connectivity index (χ1n) is 9.78. The summed E-state index contributed by atoms with van der Waals surface area (Å²) in [6.07, 6.45) is 1.57. The summed E-state index contributed by atoms with van der Waals surface area (Å²) in [6.45, 7) is 4.03. The molecule has 0 N–H and O–H groups in total. The standard InChI is InChI=1S/C25H17N3O2/c1-14-10-18-17-9-8-15(2)28-25(17)30-23(18)19(11-14)22-24-20(26-13-27-22)12-21(29-24)16-6-4-3-5-7-16/h3-13H,1-2H3. The molecule has 144 valence electrons. The van der Waals surface area contributed by atoms with Gasteiger partial charge >= 0.3 is 0 Å². The Morgan fingerprint density at radius 3 is 2.50 bits per heavy atom. The topological polar surface area (TPSA) is 65.0 Å². The van der Waals surface area contributed by atoms with E-state index in [4.69, 9.17) is 8.83 Å². The number of fused-ring (bicyclic) bond motifs is 4. The Labute approximate surface area is 172 Å². The van der Waals surface area contributed by atoms with E-state index in [0.29, 0.717) is 17.0 Å². The van der Waals surface area contributed by atoms with Crippen LogP contribution in [-0.4, -0.2) is 15.0 Å². The molecule has 0 aliphatic heterocycles. The molecule has 0 unspecified atom stereocenters. The molecule has 0 aliphatic carbocycles. The van der Waals surface area contributed by atoms with Gasteiger partial charge in [-0.25, -0.2) is 15.0 Å². The molecule has 5 heteroatoms.